The zero-order valence-corrected chi connectivity index (χ0v) is 18.8. The van der Waals surface area contributed by atoms with Gasteiger partial charge >= 0.3 is 12.4 Å². The second-order valence-electron chi connectivity index (χ2n) is 8.03. The lowest BCUT2D eigenvalue weighted by Gasteiger charge is -2.32. The highest BCUT2D eigenvalue weighted by Crippen LogP contribution is 2.49. The van der Waals surface area contributed by atoms with Crippen molar-refractivity contribution >= 4 is 23.0 Å². The predicted molar refractivity (Wildman–Crippen MR) is 120 cm³/mol. The zero-order chi connectivity index (χ0) is 25.6. The molecule has 1 aliphatic heterocycles. The third-order valence-corrected chi connectivity index (χ3v) is 6.18. The number of halogens is 7. The highest BCUT2D eigenvalue weighted by molar-refractivity contribution is 6.33. The van der Waals surface area contributed by atoms with Gasteiger partial charge in [-0.25, -0.2) is 0 Å². The molecule has 0 amide bonds. The van der Waals surface area contributed by atoms with E-state index in [0.29, 0.717) is 5.56 Å². The van der Waals surface area contributed by atoms with E-state index in [1.54, 1.807) is 42.6 Å². The third kappa shape index (κ3) is 4.36. The minimum atomic E-state index is -6.03. The van der Waals surface area contributed by atoms with Crippen molar-refractivity contribution in [3.63, 3.8) is 0 Å². The van der Waals surface area contributed by atoms with Crippen LogP contribution in [0.25, 0.3) is 11.1 Å². The summed E-state index contributed by atoms with van der Waals surface area (Å²) in [5, 5.41) is 14.7. The summed E-state index contributed by atoms with van der Waals surface area (Å²) >= 11 is 6.20. The van der Waals surface area contributed by atoms with Gasteiger partial charge in [0.15, 0.2) is 0 Å². The number of anilines is 1. The van der Waals surface area contributed by atoms with Crippen LogP contribution < -0.4 is 5.01 Å². The zero-order valence-electron chi connectivity index (χ0n) is 18.1. The van der Waals surface area contributed by atoms with E-state index in [2.05, 4.69) is 10.1 Å². The fourth-order valence-electron chi connectivity index (χ4n) is 4.01. The Morgan fingerprint density at radius 1 is 0.914 bits per heavy atom. The van der Waals surface area contributed by atoms with Crippen LogP contribution in [-0.4, -0.2) is 33.8 Å². The van der Waals surface area contributed by atoms with E-state index in [0.717, 1.165) is 21.8 Å². The Hall–Kier alpha value is -3.11. The first kappa shape index (κ1) is 25.0. The Morgan fingerprint density at radius 2 is 1.54 bits per heavy atom. The van der Waals surface area contributed by atoms with Gasteiger partial charge in [-0.05, 0) is 36.2 Å². The standard InChI is InChI=1S/C24H18ClF6N3O/c1-14-17(5-4-12-32-14)15-8-10-16(11-9-15)20-13-21(22(35,23(26,27)28)24(29,30)31)33-34(20)19-7-3-2-6-18(19)25/h2-12,20,35H,13H2,1H3. The van der Waals surface area contributed by atoms with E-state index < -0.39 is 36.1 Å². The average molecular weight is 514 g/mol. The highest BCUT2D eigenvalue weighted by atomic mass is 35.5. The van der Waals surface area contributed by atoms with E-state index in [-0.39, 0.29) is 10.7 Å². The largest absolute Gasteiger partial charge is 0.431 e. The van der Waals surface area contributed by atoms with Gasteiger partial charge in [0.25, 0.3) is 5.60 Å². The van der Waals surface area contributed by atoms with Crippen LogP contribution in [0.1, 0.15) is 23.7 Å². The maximum atomic E-state index is 13.6. The summed E-state index contributed by atoms with van der Waals surface area (Å²) in [6.45, 7) is 1.81. The molecule has 3 aromatic rings. The number of pyridine rings is 1. The van der Waals surface area contributed by atoms with E-state index >= 15 is 0 Å². The number of hydrazone groups is 1. The first-order valence-corrected chi connectivity index (χ1v) is 10.7. The van der Waals surface area contributed by atoms with Gasteiger partial charge in [-0.3, -0.25) is 9.99 Å². The molecule has 35 heavy (non-hydrogen) atoms. The summed E-state index contributed by atoms with van der Waals surface area (Å²) in [6.07, 6.45) is -11.3. The summed E-state index contributed by atoms with van der Waals surface area (Å²) < 4.78 is 81.4. The normalized spacial score (nSPS) is 17.0. The molecule has 0 spiro atoms. The van der Waals surface area contributed by atoms with E-state index in [4.69, 9.17) is 11.6 Å². The van der Waals surface area contributed by atoms with Crippen molar-refractivity contribution in [2.24, 2.45) is 5.10 Å². The Morgan fingerprint density at radius 3 is 2.11 bits per heavy atom. The van der Waals surface area contributed by atoms with Crippen LogP contribution in [-0.2, 0) is 0 Å². The van der Waals surface area contributed by atoms with Crippen molar-refractivity contribution < 1.29 is 31.4 Å². The van der Waals surface area contributed by atoms with Crippen LogP contribution in [0.5, 0.6) is 0 Å². The van der Waals surface area contributed by atoms with Gasteiger partial charge in [0.2, 0.25) is 0 Å². The SMILES string of the molecule is Cc1ncccc1-c1ccc(C2CC(C(O)(C(F)(F)F)C(F)(F)F)=NN2c2ccccc2Cl)cc1. The second kappa shape index (κ2) is 8.83. The first-order valence-electron chi connectivity index (χ1n) is 10.3. The summed E-state index contributed by atoms with van der Waals surface area (Å²) in [5.41, 5.74) is -3.73. The van der Waals surface area contributed by atoms with E-state index in [1.165, 1.54) is 18.2 Å². The van der Waals surface area contributed by atoms with Crippen molar-refractivity contribution in [3.8, 4) is 11.1 Å². The van der Waals surface area contributed by atoms with Crippen molar-refractivity contribution in [3.05, 3.63) is 83.1 Å². The summed E-state index contributed by atoms with van der Waals surface area (Å²) in [6, 6.07) is 15.1. The van der Waals surface area contributed by atoms with Crippen LogP contribution >= 0.6 is 11.6 Å². The quantitative estimate of drug-likeness (QED) is 0.387. The van der Waals surface area contributed by atoms with E-state index in [9.17, 15) is 31.4 Å². The maximum Gasteiger partial charge on any atom is 0.431 e. The van der Waals surface area contributed by atoms with Crippen molar-refractivity contribution in [1.82, 2.24) is 4.98 Å². The van der Waals surface area contributed by atoms with Gasteiger partial charge in [-0.1, -0.05) is 54.1 Å². The lowest BCUT2D eigenvalue weighted by atomic mass is 9.89. The molecule has 0 radical (unpaired) electrons. The lowest BCUT2D eigenvalue weighted by molar-refractivity contribution is -0.338. The monoisotopic (exact) mass is 513 g/mol. The molecule has 0 aliphatic carbocycles. The van der Waals surface area contributed by atoms with E-state index in [1.807, 2.05) is 13.0 Å². The van der Waals surface area contributed by atoms with Gasteiger partial charge in [0.1, 0.15) is 0 Å². The van der Waals surface area contributed by atoms with Crippen molar-refractivity contribution in [2.75, 3.05) is 5.01 Å². The molecule has 11 heteroatoms. The number of aliphatic hydroxyl groups is 1. The summed E-state index contributed by atoms with van der Waals surface area (Å²) in [4.78, 5) is 4.22. The third-order valence-electron chi connectivity index (χ3n) is 5.86. The molecule has 0 saturated heterocycles. The van der Waals surface area contributed by atoms with Gasteiger partial charge < -0.3 is 5.11 Å². The summed E-state index contributed by atoms with van der Waals surface area (Å²) in [7, 11) is 0. The molecule has 2 heterocycles. The van der Waals surface area contributed by atoms with Gasteiger partial charge in [-0.15, -0.1) is 0 Å². The minimum absolute atomic E-state index is 0.0765. The molecule has 1 N–H and O–H groups in total. The van der Waals surface area contributed by atoms with Crippen LogP contribution in [0.4, 0.5) is 32.0 Å². The molecular formula is C24H18ClF6N3O. The molecular weight excluding hydrogens is 496 g/mol. The first-order chi connectivity index (χ1) is 16.3. The van der Waals surface area contributed by atoms with Gasteiger partial charge in [-0.2, -0.15) is 31.4 Å². The lowest BCUT2D eigenvalue weighted by Crippen LogP contribution is -2.62. The Kier molecular flexibility index (Phi) is 6.31. The molecule has 1 aromatic heterocycles. The molecule has 1 aliphatic rings. The van der Waals surface area contributed by atoms with Crippen molar-refractivity contribution in [2.45, 2.75) is 37.3 Å². The number of hydrogen-bond donors (Lipinski definition) is 1. The molecule has 0 saturated carbocycles. The van der Waals surface area contributed by atoms with Gasteiger partial charge in [0, 0.05) is 23.9 Å². The topological polar surface area (TPSA) is 48.7 Å². The fraction of sp³-hybridized carbons (Fsp3) is 0.250. The second-order valence-corrected chi connectivity index (χ2v) is 8.43. The molecule has 4 nitrogen and oxygen atoms in total. The molecule has 0 fully saturated rings. The predicted octanol–water partition coefficient (Wildman–Crippen LogP) is 6.87. The summed E-state index contributed by atoms with van der Waals surface area (Å²) in [5.74, 6) is 0. The molecule has 2 aromatic carbocycles. The maximum absolute atomic E-state index is 13.6. The number of benzene rings is 2. The molecule has 1 atom stereocenters. The number of aromatic nitrogens is 1. The number of hydrogen-bond acceptors (Lipinski definition) is 4. The molecule has 184 valence electrons. The smallest absolute Gasteiger partial charge is 0.369 e. The number of aryl methyl sites for hydroxylation is 1. The molecule has 1 unspecified atom stereocenters. The number of nitrogens with zero attached hydrogens (tertiary/aromatic N) is 3. The number of rotatable bonds is 4. The van der Waals surface area contributed by atoms with Crippen LogP contribution in [0.15, 0.2) is 72.0 Å². The molecule has 4 rings (SSSR count). The average Bonchev–Trinajstić information content (AvgIpc) is 3.23. The highest BCUT2D eigenvalue weighted by Gasteiger charge is 2.74. The van der Waals surface area contributed by atoms with Gasteiger partial charge in [0.05, 0.1) is 22.5 Å². The Bertz CT molecular complexity index is 1240. The minimum Gasteiger partial charge on any atom is -0.369 e. The number of alkyl halides is 6. The van der Waals surface area contributed by atoms with Crippen LogP contribution in [0.2, 0.25) is 5.02 Å². The Labute approximate surface area is 201 Å². The molecule has 0 bridgehead atoms. The number of para-hydroxylation sites is 1. The van der Waals surface area contributed by atoms with Crippen LogP contribution in [0, 0.1) is 6.92 Å². The van der Waals surface area contributed by atoms with Crippen LogP contribution in [0.3, 0.4) is 0 Å². The van der Waals surface area contributed by atoms with Crippen molar-refractivity contribution in [1.29, 1.82) is 0 Å². The fourth-order valence-corrected chi connectivity index (χ4v) is 4.23. The Balaban J connectivity index is 1.80.